The molecule has 0 fully saturated rings. The molecule has 0 aliphatic carbocycles. The Labute approximate surface area is 98.3 Å². The lowest BCUT2D eigenvalue weighted by atomic mass is 10.5. The molecular weight excluding hydrogens is 242 g/mol. The molecule has 0 aromatic carbocycles. The molecule has 0 spiro atoms. The molecule has 0 radical (unpaired) electrons. The normalized spacial score (nSPS) is 11.4. The maximum atomic E-state index is 12.0. The first-order valence-electron chi connectivity index (χ1n) is 4.71. The Kier molecular flexibility index (Phi) is 2.72. The number of rotatable bonds is 3. The van der Waals surface area contributed by atoms with Gasteiger partial charge in [0.05, 0.1) is 11.9 Å². The maximum Gasteiger partial charge on any atom is 0.264 e. The predicted octanol–water partition coefficient (Wildman–Crippen LogP) is 0.198. The van der Waals surface area contributed by atoms with Gasteiger partial charge >= 0.3 is 0 Å². The molecule has 2 aromatic rings. The highest BCUT2D eigenvalue weighted by molar-refractivity contribution is 7.92. The Balaban J connectivity index is 2.37. The minimum absolute atomic E-state index is 0.0700. The van der Waals surface area contributed by atoms with E-state index in [9.17, 15) is 8.42 Å². The first kappa shape index (κ1) is 11.4. The van der Waals surface area contributed by atoms with E-state index in [0.29, 0.717) is 0 Å². The average Bonchev–Trinajstić information content (AvgIpc) is 2.62. The minimum Gasteiger partial charge on any atom is -0.394 e. The van der Waals surface area contributed by atoms with Crippen molar-refractivity contribution >= 4 is 21.5 Å². The van der Waals surface area contributed by atoms with Crippen LogP contribution in [0.25, 0.3) is 0 Å². The van der Waals surface area contributed by atoms with Crippen LogP contribution in [0, 0.1) is 0 Å². The second kappa shape index (κ2) is 4.06. The topological polar surface area (TPSA) is 103 Å². The van der Waals surface area contributed by atoms with Crippen LogP contribution in [0.4, 0.5) is 11.5 Å². The highest BCUT2D eigenvalue weighted by atomic mass is 32.2. The van der Waals surface area contributed by atoms with Gasteiger partial charge < -0.3 is 5.73 Å². The summed E-state index contributed by atoms with van der Waals surface area (Å²) in [6.45, 7) is 0. The van der Waals surface area contributed by atoms with Crippen LogP contribution in [0.15, 0.2) is 35.6 Å². The van der Waals surface area contributed by atoms with E-state index in [1.807, 2.05) is 0 Å². The third kappa shape index (κ3) is 2.21. The van der Waals surface area contributed by atoms with Gasteiger partial charge in [-0.05, 0) is 12.1 Å². The molecule has 0 unspecified atom stereocenters. The lowest BCUT2D eigenvalue weighted by Gasteiger charge is -2.08. The molecule has 0 amide bonds. The molecule has 2 heterocycles. The summed E-state index contributed by atoms with van der Waals surface area (Å²) in [4.78, 5) is 3.82. The molecule has 0 atom stereocenters. The number of nitrogens with one attached hydrogen (secondary N) is 1. The van der Waals surface area contributed by atoms with Crippen LogP contribution >= 0.6 is 0 Å². The number of nitrogen functional groups attached to an aromatic ring is 1. The number of sulfonamides is 1. The zero-order valence-electron chi connectivity index (χ0n) is 9.03. The smallest absolute Gasteiger partial charge is 0.264 e. The van der Waals surface area contributed by atoms with Crippen molar-refractivity contribution in [3.63, 3.8) is 0 Å². The van der Waals surface area contributed by atoms with Crippen molar-refractivity contribution in [2.75, 3.05) is 10.5 Å². The molecule has 0 saturated carbocycles. The van der Waals surface area contributed by atoms with Gasteiger partial charge in [0.1, 0.15) is 4.90 Å². The number of nitrogens with two attached hydrogens (primary N) is 1. The van der Waals surface area contributed by atoms with Crippen molar-refractivity contribution < 1.29 is 8.42 Å². The third-order valence-electron chi connectivity index (χ3n) is 2.14. The van der Waals surface area contributed by atoms with Gasteiger partial charge in [0, 0.05) is 19.4 Å². The number of hydrogen-bond acceptors (Lipinski definition) is 5. The molecule has 17 heavy (non-hydrogen) atoms. The zero-order chi connectivity index (χ0) is 12.5. The lowest BCUT2D eigenvalue weighted by Crippen LogP contribution is -2.16. The molecule has 2 rings (SSSR count). The molecule has 0 aliphatic heterocycles. The Morgan fingerprint density at radius 1 is 1.41 bits per heavy atom. The average molecular weight is 253 g/mol. The molecule has 0 aliphatic rings. The molecule has 0 saturated heterocycles. The van der Waals surface area contributed by atoms with Crippen molar-refractivity contribution in [3.05, 3.63) is 30.7 Å². The molecule has 0 bridgehead atoms. The molecule has 90 valence electrons. The second-order valence-electron chi connectivity index (χ2n) is 3.37. The highest BCUT2D eigenvalue weighted by Gasteiger charge is 2.17. The fourth-order valence-corrected chi connectivity index (χ4v) is 2.35. The van der Waals surface area contributed by atoms with Crippen LogP contribution in [-0.2, 0) is 17.1 Å². The van der Waals surface area contributed by atoms with E-state index in [0.717, 1.165) is 0 Å². The Bertz CT molecular complexity index is 601. The number of pyridine rings is 1. The highest BCUT2D eigenvalue weighted by Crippen LogP contribution is 2.20. The van der Waals surface area contributed by atoms with Gasteiger partial charge in [0.2, 0.25) is 0 Å². The summed E-state index contributed by atoms with van der Waals surface area (Å²) in [6, 6.07) is 2.99. The minimum atomic E-state index is -3.68. The van der Waals surface area contributed by atoms with E-state index < -0.39 is 10.0 Å². The summed E-state index contributed by atoms with van der Waals surface area (Å²) < 4.78 is 27.6. The van der Waals surface area contributed by atoms with Crippen LogP contribution in [0.5, 0.6) is 0 Å². The SMILES string of the molecule is Cn1ncc(N)c1NS(=O)(=O)c1cccnc1. The van der Waals surface area contributed by atoms with Gasteiger partial charge in [-0.15, -0.1) is 0 Å². The van der Waals surface area contributed by atoms with Crippen LogP contribution in [0.2, 0.25) is 0 Å². The second-order valence-corrected chi connectivity index (χ2v) is 5.05. The van der Waals surface area contributed by atoms with E-state index >= 15 is 0 Å². The zero-order valence-corrected chi connectivity index (χ0v) is 9.85. The number of anilines is 2. The molecule has 7 nitrogen and oxygen atoms in total. The Morgan fingerprint density at radius 2 is 2.18 bits per heavy atom. The molecule has 2 aromatic heterocycles. The largest absolute Gasteiger partial charge is 0.394 e. The molecule has 8 heteroatoms. The van der Waals surface area contributed by atoms with Gasteiger partial charge in [-0.2, -0.15) is 5.10 Å². The number of aryl methyl sites for hydroxylation is 1. The van der Waals surface area contributed by atoms with Gasteiger partial charge in [-0.3, -0.25) is 14.4 Å². The fourth-order valence-electron chi connectivity index (χ4n) is 1.27. The molecule has 3 N–H and O–H groups in total. The van der Waals surface area contributed by atoms with Crippen molar-refractivity contribution in [2.24, 2.45) is 7.05 Å². The number of aromatic nitrogens is 3. The van der Waals surface area contributed by atoms with E-state index in [-0.39, 0.29) is 16.4 Å². The van der Waals surface area contributed by atoms with E-state index in [1.165, 1.54) is 29.3 Å². The number of nitrogens with zero attached hydrogens (tertiary/aromatic N) is 3. The summed E-state index contributed by atoms with van der Waals surface area (Å²) in [5.41, 5.74) is 5.86. The predicted molar refractivity (Wildman–Crippen MR) is 62.7 cm³/mol. The van der Waals surface area contributed by atoms with Crippen molar-refractivity contribution in [1.29, 1.82) is 0 Å². The molecular formula is C9H11N5O2S. The number of hydrogen-bond donors (Lipinski definition) is 2. The van der Waals surface area contributed by atoms with E-state index in [2.05, 4.69) is 14.8 Å². The van der Waals surface area contributed by atoms with Crippen molar-refractivity contribution in [2.45, 2.75) is 4.90 Å². The van der Waals surface area contributed by atoms with Crippen LogP contribution < -0.4 is 10.5 Å². The van der Waals surface area contributed by atoms with Crippen LogP contribution in [0.1, 0.15) is 0 Å². The van der Waals surface area contributed by atoms with Crippen molar-refractivity contribution in [1.82, 2.24) is 14.8 Å². The van der Waals surface area contributed by atoms with Crippen LogP contribution in [0.3, 0.4) is 0 Å². The Hall–Kier alpha value is -2.09. The monoisotopic (exact) mass is 253 g/mol. The summed E-state index contributed by atoms with van der Waals surface area (Å²) in [5.74, 6) is 0.230. The summed E-state index contributed by atoms with van der Waals surface area (Å²) in [6.07, 6.45) is 4.13. The Morgan fingerprint density at radius 3 is 2.71 bits per heavy atom. The van der Waals surface area contributed by atoms with E-state index in [4.69, 9.17) is 5.73 Å². The lowest BCUT2D eigenvalue weighted by molar-refractivity contribution is 0.600. The van der Waals surface area contributed by atoms with Gasteiger partial charge in [-0.25, -0.2) is 8.42 Å². The van der Waals surface area contributed by atoms with Gasteiger partial charge in [-0.1, -0.05) is 0 Å². The quantitative estimate of drug-likeness (QED) is 0.813. The fraction of sp³-hybridized carbons (Fsp3) is 0.111. The summed E-state index contributed by atoms with van der Waals surface area (Å²) in [7, 11) is -2.09. The first-order chi connectivity index (χ1) is 8.00. The van der Waals surface area contributed by atoms with Crippen LogP contribution in [-0.4, -0.2) is 23.2 Å². The standard InChI is InChI=1S/C9H11N5O2S/c1-14-9(8(10)6-12-14)13-17(15,16)7-3-2-4-11-5-7/h2-6,13H,10H2,1H3. The van der Waals surface area contributed by atoms with Crippen molar-refractivity contribution in [3.8, 4) is 0 Å². The first-order valence-corrected chi connectivity index (χ1v) is 6.19. The maximum absolute atomic E-state index is 12.0. The van der Waals surface area contributed by atoms with Gasteiger partial charge in [0.15, 0.2) is 5.82 Å². The summed E-state index contributed by atoms with van der Waals surface area (Å²) in [5, 5.41) is 3.84. The third-order valence-corrected chi connectivity index (χ3v) is 3.47. The summed E-state index contributed by atoms with van der Waals surface area (Å²) >= 11 is 0. The van der Waals surface area contributed by atoms with E-state index in [1.54, 1.807) is 13.1 Å². The van der Waals surface area contributed by atoms with Gasteiger partial charge in [0.25, 0.3) is 10.0 Å².